The second-order valence-electron chi connectivity index (χ2n) is 18.6. The lowest BCUT2D eigenvalue weighted by molar-refractivity contribution is -0.219. The monoisotopic (exact) mass is 1170 g/mol. The average Bonchev–Trinajstić information content (AvgIpc) is 3.92. The third-order valence-corrected chi connectivity index (χ3v) is 11.6. The van der Waals surface area contributed by atoms with Gasteiger partial charge in [0.1, 0.15) is 61.2 Å². The maximum atomic E-state index is 13.8. The number of hydrogen-bond donors (Lipinski definition) is 14. The lowest BCUT2D eigenvalue weighted by Crippen LogP contribution is -2.65. The molecule has 0 radical (unpaired) electrons. The van der Waals surface area contributed by atoms with Crippen LogP contribution in [0.15, 0.2) is 6.20 Å². The van der Waals surface area contributed by atoms with Gasteiger partial charge >= 0.3 is 23.9 Å². The van der Waals surface area contributed by atoms with Gasteiger partial charge in [0.2, 0.25) is 35.4 Å². The summed E-state index contributed by atoms with van der Waals surface area (Å²) in [5.74, 6) is -14.3. The highest BCUT2D eigenvalue weighted by Crippen LogP contribution is 2.22. The molecule has 0 saturated carbocycles. The molecule has 10 atom stereocenters. The molecule has 81 heavy (non-hydrogen) atoms. The first-order valence-corrected chi connectivity index (χ1v) is 25.7. The van der Waals surface area contributed by atoms with Crippen LogP contribution >= 0.6 is 0 Å². The molecule has 0 bridgehead atoms. The minimum Gasteiger partial charge on any atom is -0.481 e. The zero-order valence-corrected chi connectivity index (χ0v) is 45.0. The lowest BCUT2D eigenvalue weighted by Gasteiger charge is -2.40. The summed E-state index contributed by atoms with van der Waals surface area (Å²) in [7, 11) is 0. The van der Waals surface area contributed by atoms with E-state index in [1.807, 2.05) is 5.32 Å². The van der Waals surface area contributed by atoms with Crippen LogP contribution in [0.3, 0.4) is 0 Å². The van der Waals surface area contributed by atoms with Gasteiger partial charge in [-0.3, -0.25) is 57.1 Å². The van der Waals surface area contributed by atoms with E-state index in [-0.39, 0.29) is 72.4 Å². The summed E-state index contributed by atoms with van der Waals surface area (Å²) in [6, 6.07) is -8.75. The molecule has 1 aliphatic heterocycles. The molecule has 458 valence electrons. The van der Waals surface area contributed by atoms with Gasteiger partial charge in [-0.1, -0.05) is 19.1 Å². The van der Waals surface area contributed by atoms with Crippen molar-refractivity contribution in [3.8, 4) is 0 Å². The highest BCUT2D eigenvalue weighted by atomic mass is 19.1. The number of alkyl halides is 1. The van der Waals surface area contributed by atoms with Gasteiger partial charge in [-0.05, 0) is 38.5 Å². The molecule has 34 heteroatoms. The first-order valence-electron chi connectivity index (χ1n) is 25.7. The van der Waals surface area contributed by atoms with Crippen LogP contribution in [0.5, 0.6) is 0 Å². The number of carbonyl (C=O) groups excluding carboxylic acids is 7. The van der Waals surface area contributed by atoms with Crippen molar-refractivity contribution < 1.29 is 117 Å². The van der Waals surface area contributed by atoms with Gasteiger partial charge in [-0.15, -0.1) is 5.10 Å². The predicted molar refractivity (Wildman–Crippen MR) is 269 cm³/mol. The fraction of sp³-hybridized carbons (Fsp3) is 0.723. The third-order valence-electron chi connectivity index (χ3n) is 11.6. The fourth-order valence-electron chi connectivity index (χ4n) is 7.27. The fourth-order valence-corrected chi connectivity index (χ4v) is 7.27. The summed E-state index contributed by atoms with van der Waals surface area (Å²) in [5, 5.41) is 92.8. The molecule has 5 unspecified atom stereocenters. The van der Waals surface area contributed by atoms with E-state index in [2.05, 4.69) is 42.2 Å². The van der Waals surface area contributed by atoms with E-state index in [0.29, 0.717) is 25.0 Å². The van der Waals surface area contributed by atoms with Crippen LogP contribution in [0, 0.1) is 5.92 Å². The van der Waals surface area contributed by atoms with Crippen LogP contribution in [-0.4, -0.2) is 249 Å². The highest BCUT2D eigenvalue weighted by Gasteiger charge is 2.47. The zero-order chi connectivity index (χ0) is 60.6. The van der Waals surface area contributed by atoms with Crippen LogP contribution in [0.2, 0.25) is 0 Å². The smallest absolute Gasteiger partial charge is 0.305 e. The molecule has 1 aromatic heterocycles. The van der Waals surface area contributed by atoms with Crippen LogP contribution in [-0.2, 0) is 89.4 Å². The number of unbranched alkanes of at least 4 members (excludes halogenated alkanes) is 1. The zero-order valence-electron chi connectivity index (χ0n) is 45.0. The number of hydrogen-bond acceptors (Lipinski definition) is 21. The standard InChI is InChI=1S/C47H75FN10O23/c1-25(2)37(46(75)53-29(20-35(64)65)44(73)51-26(3)42(71)49-11-13-78-15-17-80-19-18-79-16-14-77-12-9-34(62)63)55-43(72)28(7-8-33(60)61)52-45(74)30(21-36(66)67)54-47(76)41-40(70)39(69)38(68)31(81-41)22-50-32(59)24-58-23-27(56-57-58)6-4-5-10-48/h23,25-26,28-31,37-41,68-70H,4-22,24H2,1-3H3,(H,49,71)(H,50,59)(H,51,73)(H,52,74)(H,53,75)(H,54,76)(H,55,72)(H,60,61)(H,62,63)(H,64,65)(H,66,67)/t26-,28-,29-,30-,31?,37-,38?,39?,40?,41?/m0/s1. The van der Waals surface area contributed by atoms with Gasteiger partial charge in [0.05, 0.1) is 84.5 Å². The van der Waals surface area contributed by atoms with Gasteiger partial charge in [0.25, 0.3) is 5.91 Å². The summed E-state index contributed by atoms with van der Waals surface area (Å²) in [6.45, 7) is 4.04. The van der Waals surface area contributed by atoms with E-state index >= 15 is 0 Å². The van der Waals surface area contributed by atoms with Crippen molar-refractivity contribution in [2.75, 3.05) is 72.6 Å². The number of nitrogens with zero attached hydrogens (tertiary/aromatic N) is 3. The Morgan fingerprint density at radius 1 is 0.617 bits per heavy atom. The van der Waals surface area contributed by atoms with Gasteiger partial charge in [0.15, 0.2) is 6.10 Å². The molecular weight excluding hydrogens is 1090 g/mol. The Kier molecular flexibility index (Phi) is 32.7. The Labute approximate surface area is 463 Å². The normalized spacial score (nSPS) is 18.7. The van der Waals surface area contributed by atoms with Crippen molar-refractivity contribution in [1.82, 2.24) is 52.2 Å². The van der Waals surface area contributed by atoms with E-state index in [1.165, 1.54) is 31.6 Å². The van der Waals surface area contributed by atoms with Crippen LogP contribution in [0.4, 0.5) is 4.39 Å². The van der Waals surface area contributed by atoms with Gasteiger partial charge in [-0.25, -0.2) is 4.68 Å². The molecule has 1 aliphatic rings. The van der Waals surface area contributed by atoms with Gasteiger partial charge < -0.3 is 96.6 Å². The number of aliphatic hydroxyl groups excluding tert-OH is 3. The maximum absolute atomic E-state index is 13.8. The number of aromatic nitrogens is 3. The summed E-state index contributed by atoms with van der Waals surface area (Å²) in [6.07, 6.45) is -11.1. The van der Waals surface area contributed by atoms with Gasteiger partial charge in [-0.2, -0.15) is 0 Å². The van der Waals surface area contributed by atoms with Crippen molar-refractivity contribution in [2.24, 2.45) is 5.92 Å². The minimum absolute atomic E-state index is 0.0140. The average molecular weight is 1170 g/mol. The molecule has 1 aromatic rings. The number of carbonyl (C=O) groups is 11. The van der Waals surface area contributed by atoms with Crippen LogP contribution in [0.25, 0.3) is 0 Å². The number of amides is 7. The Hall–Kier alpha value is -7.08. The predicted octanol–water partition coefficient (Wildman–Crippen LogP) is -5.89. The Morgan fingerprint density at radius 2 is 1.16 bits per heavy atom. The van der Waals surface area contributed by atoms with Crippen molar-refractivity contribution in [3.05, 3.63) is 11.9 Å². The summed E-state index contributed by atoms with van der Waals surface area (Å²) in [5.41, 5.74) is 0.492. The quantitative estimate of drug-likeness (QED) is 0.0271. The van der Waals surface area contributed by atoms with Crippen LogP contribution < -0.4 is 37.2 Å². The number of aliphatic carboxylic acids is 4. The Morgan fingerprint density at radius 3 is 1.73 bits per heavy atom. The molecule has 33 nitrogen and oxygen atoms in total. The number of nitrogens with one attached hydrogen (secondary N) is 7. The summed E-state index contributed by atoms with van der Waals surface area (Å²) < 4.78 is 40.2. The third kappa shape index (κ3) is 27.8. The van der Waals surface area contributed by atoms with Crippen LogP contribution in [0.1, 0.15) is 71.4 Å². The summed E-state index contributed by atoms with van der Waals surface area (Å²) in [4.78, 5) is 139. The Bertz CT molecular complexity index is 2230. The Balaban J connectivity index is 2.04. The second-order valence-corrected chi connectivity index (χ2v) is 18.6. The molecule has 0 aromatic carbocycles. The van der Waals surface area contributed by atoms with Crippen molar-refractivity contribution in [3.63, 3.8) is 0 Å². The first kappa shape index (κ1) is 70.0. The second kappa shape index (κ2) is 37.8. The van der Waals surface area contributed by atoms with Crippen molar-refractivity contribution >= 4 is 65.2 Å². The minimum atomic E-state index is -2.20. The summed E-state index contributed by atoms with van der Waals surface area (Å²) >= 11 is 0. The molecule has 2 rings (SSSR count). The molecule has 0 aliphatic carbocycles. The number of halogens is 1. The molecule has 1 saturated heterocycles. The number of carboxylic acid groups (broad SMARTS) is 4. The number of carboxylic acids is 4. The highest BCUT2D eigenvalue weighted by molar-refractivity contribution is 5.98. The van der Waals surface area contributed by atoms with E-state index in [1.54, 1.807) is 0 Å². The molecule has 2 heterocycles. The van der Waals surface area contributed by atoms with Gasteiger partial charge in [0, 0.05) is 25.7 Å². The van der Waals surface area contributed by atoms with Crippen molar-refractivity contribution in [2.45, 2.75) is 139 Å². The van der Waals surface area contributed by atoms with E-state index < -0.39 is 171 Å². The molecule has 7 amide bonds. The number of rotatable bonds is 42. The van der Waals surface area contributed by atoms with Crippen molar-refractivity contribution in [1.29, 1.82) is 0 Å². The van der Waals surface area contributed by atoms with E-state index in [4.69, 9.17) is 28.8 Å². The topological polar surface area (TPSA) is 490 Å². The first-order chi connectivity index (χ1) is 38.3. The number of ether oxygens (including phenoxy) is 5. The largest absolute Gasteiger partial charge is 0.481 e. The molecule has 0 spiro atoms. The maximum Gasteiger partial charge on any atom is 0.305 e. The molecular formula is C47H75FN10O23. The number of aliphatic hydroxyl groups is 3. The van der Waals surface area contributed by atoms with E-state index in [0.717, 1.165) is 0 Å². The SMILES string of the molecule is CC(C)[C@H](NC(=O)[C@H](CCC(=O)O)NC(=O)[C@H](CC(=O)O)NC(=O)C1OC(CNC(=O)Cn2cc(CCCCF)nn2)C(O)C(O)C1O)C(=O)N[C@@H](CC(=O)O)C(=O)N[C@@H](C)C(=O)NCCOCCOCCOCCOCCC(=O)O. The van der Waals surface area contributed by atoms with E-state index in [9.17, 15) is 87.8 Å². The molecule has 14 N–H and O–H groups in total. The number of aryl methyl sites for hydroxylation is 1. The lowest BCUT2D eigenvalue weighted by atomic mass is 9.94. The molecule has 1 fully saturated rings.